The minimum Gasteiger partial charge on any atom is -0.480 e. The molecule has 1 atom stereocenters. The Morgan fingerprint density at radius 3 is 2.45 bits per heavy atom. The molecular weight excluding hydrogens is 286 g/mol. The number of aldehydes is 1. The van der Waals surface area contributed by atoms with Crippen molar-refractivity contribution in [3.05, 3.63) is 34.9 Å². The molecule has 1 unspecified atom stereocenters. The summed E-state index contributed by atoms with van der Waals surface area (Å²) in [7, 11) is 1.52. The highest BCUT2D eigenvalue weighted by Gasteiger charge is 2.23. The fourth-order valence-corrected chi connectivity index (χ4v) is 1.97. The Morgan fingerprint density at radius 1 is 1.36 bits per heavy atom. The number of carbonyl (C=O) groups excluding carboxylic acids is 2. The van der Waals surface area contributed by atoms with Crippen LogP contribution >= 0.6 is 0 Å². The molecule has 0 amide bonds. The van der Waals surface area contributed by atoms with Gasteiger partial charge in [0.05, 0.1) is 5.56 Å². The summed E-state index contributed by atoms with van der Waals surface area (Å²) >= 11 is 0. The van der Waals surface area contributed by atoms with Crippen molar-refractivity contribution >= 4 is 18.2 Å². The lowest BCUT2D eigenvalue weighted by Gasteiger charge is -2.21. The van der Waals surface area contributed by atoms with Crippen molar-refractivity contribution in [1.29, 1.82) is 0 Å². The highest BCUT2D eigenvalue weighted by Crippen LogP contribution is 2.19. The number of benzene rings is 1. The molecule has 0 fully saturated rings. The Bertz CT molecular complexity index is 574. The van der Waals surface area contributed by atoms with Gasteiger partial charge in [-0.05, 0) is 45.9 Å². The molecule has 0 aliphatic carbocycles. The Hall–Kier alpha value is -2.21. The predicted octanol–water partition coefficient (Wildman–Crippen LogP) is 1.67. The van der Waals surface area contributed by atoms with Crippen LogP contribution in [0.15, 0.2) is 18.2 Å². The monoisotopic (exact) mass is 307 g/mol. The molecule has 1 rings (SSSR count). The van der Waals surface area contributed by atoms with Crippen molar-refractivity contribution in [3.8, 4) is 0 Å². The smallest absolute Gasteiger partial charge is 0.339 e. The first-order chi connectivity index (χ1) is 10.2. The first kappa shape index (κ1) is 17.8. The van der Waals surface area contributed by atoms with E-state index in [0.717, 1.165) is 0 Å². The summed E-state index contributed by atoms with van der Waals surface area (Å²) in [6.07, 6.45) is 0.652. The van der Waals surface area contributed by atoms with Crippen molar-refractivity contribution < 1.29 is 24.2 Å². The second-order valence-electron chi connectivity index (χ2n) is 5.88. The van der Waals surface area contributed by atoms with Crippen LogP contribution in [0.5, 0.6) is 0 Å². The molecular formula is C16H21NO5. The van der Waals surface area contributed by atoms with E-state index in [0.29, 0.717) is 11.8 Å². The van der Waals surface area contributed by atoms with Gasteiger partial charge in [-0.1, -0.05) is 12.1 Å². The zero-order valence-electron chi connectivity index (χ0n) is 13.2. The molecule has 0 spiro atoms. The quantitative estimate of drug-likeness (QED) is 0.613. The lowest BCUT2D eigenvalue weighted by Crippen LogP contribution is -2.36. The summed E-state index contributed by atoms with van der Waals surface area (Å²) in [5, 5.41) is 11.7. The van der Waals surface area contributed by atoms with Crippen LogP contribution in [0.2, 0.25) is 0 Å². The summed E-state index contributed by atoms with van der Waals surface area (Å²) < 4.78 is 5.27. The maximum atomic E-state index is 12.2. The van der Waals surface area contributed by atoms with E-state index in [2.05, 4.69) is 5.32 Å². The number of carboxylic acid groups (broad SMARTS) is 1. The SMILES string of the molecule is CNC(Cc1cccc(C(=O)OC(C)(C)C)c1C=O)C(=O)O. The van der Waals surface area contributed by atoms with E-state index in [-0.39, 0.29) is 17.5 Å². The van der Waals surface area contributed by atoms with E-state index in [1.807, 2.05) is 0 Å². The molecule has 6 heteroatoms. The third kappa shape index (κ3) is 4.66. The number of esters is 1. The lowest BCUT2D eigenvalue weighted by molar-refractivity contribution is -0.139. The van der Waals surface area contributed by atoms with Crippen molar-refractivity contribution in [1.82, 2.24) is 5.32 Å². The van der Waals surface area contributed by atoms with Gasteiger partial charge >= 0.3 is 11.9 Å². The van der Waals surface area contributed by atoms with Gasteiger partial charge in [0.15, 0.2) is 6.29 Å². The molecule has 0 saturated heterocycles. The summed E-state index contributed by atoms with van der Waals surface area (Å²) in [6, 6.07) is 3.89. The van der Waals surface area contributed by atoms with Crippen LogP contribution < -0.4 is 5.32 Å². The lowest BCUT2D eigenvalue weighted by atomic mass is 9.96. The van der Waals surface area contributed by atoms with E-state index in [9.17, 15) is 14.4 Å². The summed E-state index contributed by atoms with van der Waals surface area (Å²) in [5.74, 6) is -1.63. The molecule has 0 aromatic heterocycles. The zero-order valence-corrected chi connectivity index (χ0v) is 13.2. The van der Waals surface area contributed by atoms with Crippen LogP contribution in [-0.4, -0.2) is 42.0 Å². The minimum atomic E-state index is -1.03. The largest absolute Gasteiger partial charge is 0.480 e. The van der Waals surface area contributed by atoms with Crippen molar-refractivity contribution in [2.75, 3.05) is 7.05 Å². The van der Waals surface area contributed by atoms with Crippen molar-refractivity contribution in [2.24, 2.45) is 0 Å². The summed E-state index contributed by atoms with van der Waals surface area (Å²) in [5.41, 5.74) is 0.114. The standard InChI is InChI=1S/C16H21NO5/c1-16(2,3)22-15(21)11-7-5-6-10(12(11)9-18)8-13(17-4)14(19)20/h5-7,9,13,17H,8H2,1-4H3,(H,19,20). The highest BCUT2D eigenvalue weighted by atomic mass is 16.6. The number of hydrogen-bond donors (Lipinski definition) is 2. The zero-order chi connectivity index (χ0) is 16.9. The third-order valence-corrected chi connectivity index (χ3v) is 3.00. The molecule has 1 aromatic rings. The number of likely N-dealkylation sites (N-methyl/N-ethyl adjacent to an activating group) is 1. The second kappa shape index (κ2) is 7.17. The summed E-state index contributed by atoms with van der Waals surface area (Å²) in [4.78, 5) is 34.6. The van der Waals surface area contributed by atoms with Gasteiger partial charge in [-0.2, -0.15) is 0 Å². The number of nitrogens with one attached hydrogen (secondary N) is 1. The van der Waals surface area contributed by atoms with Crippen molar-refractivity contribution in [3.63, 3.8) is 0 Å². The number of rotatable bonds is 6. The molecule has 0 radical (unpaired) electrons. The van der Waals surface area contributed by atoms with Gasteiger partial charge < -0.3 is 15.2 Å². The third-order valence-electron chi connectivity index (χ3n) is 3.00. The van der Waals surface area contributed by atoms with Crippen LogP contribution in [0, 0.1) is 0 Å². The minimum absolute atomic E-state index is 0.0938. The fourth-order valence-electron chi connectivity index (χ4n) is 1.97. The first-order valence-electron chi connectivity index (χ1n) is 6.90. The predicted molar refractivity (Wildman–Crippen MR) is 81.2 cm³/mol. The molecule has 120 valence electrons. The molecule has 0 heterocycles. The number of carbonyl (C=O) groups is 3. The number of aliphatic carboxylic acids is 1. The summed E-state index contributed by atoms with van der Waals surface area (Å²) in [6.45, 7) is 5.20. The Balaban J connectivity index is 3.17. The number of ether oxygens (including phenoxy) is 1. The maximum Gasteiger partial charge on any atom is 0.339 e. The second-order valence-corrected chi connectivity index (χ2v) is 5.88. The highest BCUT2D eigenvalue weighted by molar-refractivity contribution is 5.99. The van der Waals surface area contributed by atoms with Gasteiger partial charge in [-0.3, -0.25) is 9.59 Å². The van der Waals surface area contributed by atoms with E-state index >= 15 is 0 Å². The normalized spacial score (nSPS) is 12.5. The Morgan fingerprint density at radius 2 is 2.00 bits per heavy atom. The van der Waals surface area contributed by atoms with Crippen LogP contribution in [0.3, 0.4) is 0 Å². The van der Waals surface area contributed by atoms with Crippen LogP contribution in [0.4, 0.5) is 0 Å². The molecule has 0 saturated carbocycles. The fraction of sp³-hybridized carbons (Fsp3) is 0.438. The molecule has 6 nitrogen and oxygen atoms in total. The average molecular weight is 307 g/mol. The van der Waals surface area contributed by atoms with Gasteiger partial charge in [-0.25, -0.2) is 4.79 Å². The van der Waals surface area contributed by atoms with Crippen LogP contribution in [0.25, 0.3) is 0 Å². The first-order valence-corrected chi connectivity index (χ1v) is 6.90. The topological polar surface area (TPSA) is 92.7 Å². The Labute approximate surface area is 129 Å². The van der Waals surface area contributed by atoms with E-state index in [1.54, 1.807) is 32.9 Å². The number of carboxylic acids is 1. The van der Waals surface area contributed by atoms with Gasteiger partial charge in [-0.15, -0.1) is 0 Å². The van der Waals surface area contributed by atoms with Gasteiger partial charge in [0.2, 0.25) is 0 Å². The molecule has 2 N–H and O–H groups in total. The Kier molecular flexibility index (Phi) is 5.82. The van der Waals surface area contributed by atoms with Gasteiger partial charge in [0, 0.05) is 5.56 Å². The van der Waals surface area contributed by atoms with Crippen LogP contribution in [0.1, 0.15) is 47.1 Å². The maximum absolute atomic E-state index is 12.2. The molecule has 0 aliphatic rings. The van der Waals surface area contributed by atoms with E-state index < -0.39 is 23.6 Å². The van der Waals surface area contributed by atoms with E-state index in [4.69, 9.17) is 9.84 Å². The molecule has 22 heavy (non-hydrogen) atoms. The number of hydrogen-bond acceptors (Lipinski definition) is 5. The van der Waals surface area contributed by atoms with Gasteiger partial charge in [0.25, 0.3) is 0 Å². The average Bonchev–Trinajstić information content (AvgIpc) is 2.41. The molecule has 0 aliphatic heterocycles. The van der Waals surface area contributed by atoms with Crippen molar-refractivity contribution in [2.45, 2.75) is 38.8 Å². The van der Waals surface area contributed by atoms with E-state index in [1.165, 1.54) is 13.1 Å². The van der Waals surface area contributed by atoms with Gasteiger partial charge in [0.1, 0.15) is 11.6 Å². The van der Waals surface area contributed by atoms with Crippen LogP contribution in [-0.2, 0) is 16.0 Å². The molecule has 0 bridgehead atoms. The molecule has 1 aromatic carbocycles.